The van der Waals surface area contributed by atoms with E-state index in [1.807, 2.05) is 18.2 Å². The standard InChI is InChI=1S/C22H30N4O3/c27-19-7-4-14-25(19)15-16-26-20(28)22(24-21(26)29,18-9-12-23-13-10-18)11-8-17-5-2-1-3-6-17/h1-3,5-6,18,23H,4,7-16H2,(H,24,29)/t22-/m1/s1. The third-order valence-corrected chi connectivity index (χ3v) is 6.65. The van der Waals surface area contributed by atoms with Gasteiger partial charge in [0.2, 0.25) is 5.91 Å². The molecule has 0 radical (unpaired) electrons. The van der Waals surface area contributed by atoms with E-state index in [1.54, 1.807) is 4.90 Å². The van der Waals surface area contributed by atoms with Crippen LogP contribution < -0.4 is 10.6 Å². The maximum absolute atomic E-state index is 13.6. The molecule has 1 aromatic carbocycles. The van der Waals surface area contributed by atoms with Crippen LogP contribution >= 0.6 is 0 Å². The van der Waals surface area contributed by atoms with Crippen molar-refractivity contribution in [2.24, 2.45) is 5.92 Å². The maximum Gasteiger partial charge on any atom is 0.325 e. The molecule has 0 spiro atoms. The van der Waals surface area contributed by atoms with E-state index in [-0.39, 0.29) is 30.3 Å². The zero-order valence-electron chi connectivity index (χ0n) is 16.9. The van der Waals surface area contributed by atoms with Crippen LogP contribution in [0.25, 0.3) is 0 Å². The molecule has 0 bridgehead atoms. The van der Waals surface area contributed by atoms with Crippen molar-refractivity contribution in [3.8, 4) is 0 Å². The molecule has 4 amide bonds. The van der Waals surface area contributed by atoms with E-state index in [1.165, 1.54) is 10.5 Å². The van der Waals surface area contributed by atoms with Gasteiger partial charge in [-0.3, -0.25) is 14.5 Å². The molecule has 7 nitrogen and oxygen atoms in total. The van der Waals surface area contributed by atoms with E-state index < -0.39 is 5.54 Å². The van der Waals surface area contributed by atoms with Crippen molar-refractivity contribution in [2.45, 2.75) is 44.1 Å². The molecule has 156 valence electrons. The van der Waals surface area contributed by atoms with E-state index in [0.29, 0.717) is 19.4 Å². The molecule has 0 saturated carbocycles. The highest BCUT2D eigenvalue weighted by atomic mass is 16.2. The molecule has 3 aliphatic rings. The molecule has 0 unspecified atom stereocenters. The van der Waals surface area contributed by atoms with Gasteiger partial charge >= 0.3 is 6.03 Å². The van der Waals surface area contributed by atoms with Crippen molar-refractivity contribution in [3.05, 3.63) is 35.9 Å². The number of hydrogen-bond acceptors (Lipinski definition) is 4. The fraction of sp³-hybridized carbons (Fsp3) is 0.591. The van der Waals surface area contributed by atoms with Gasteiger partial charge in [-0.15, -0.1) is 0 Å². The van der Waals surface area contributed by atoms with Gasteiger partial charge in [-0.05, 0) is 56.7 Å². The van der Waals surface area contributed by atoms with Crippen molar-refractivity contribution >= 4 is 17.8 Å². The van der Waals surface area contributed by atoms with Gasteiger partial charge in [-0.25, -0.2) is 4.79 Å². The van der Waals surface area contributed by atoms with Crippen LogP contribution in [-0.4, -0.2) is 65.9 Å². The Balaban J connectivity index is 1.50. The van der Waals surface area contributed by atoms with Gasteiger partial charge < -0.3 is 15.5 Å². The van der Waals surface area contributed by atoms with Gasteiger partial charge in [0.15, 0.2) is 0 Å². The predicted octanol–water partition coefficient (Wildman–Crippen LogP) is 1.53. The van der Waals surface area contributed by atoms with Crippen LogP contribution in [0.4, 0.5) is 4.79 Å². The van der Waals surface area contributed by atoms with Crippen molar-refractivity contribution < 1.29 is 14.4 Å². The molecule has 0 aliphatic carbocycles. The summed E-state index contributed by atoms with van der Waals surface area (Å²) in [4.78, 5) is 41.4. The van der Waals surface area contributed by atoms with Crippen molar-refractivity contribution in [3.63, 3.8) is 0 Å². The third-order valence-electron chi connectivity index (χ3n) is 6.65. The minimum Gasteiger partial charge on any atom is -0.341 e. The molecule has 3 aliphatic heterocycles. The van der Waals surface area contributed by atoms with Gasteiger partial charge in [0.25, 0.3) is 5.91 Å². The number of rotatable bonds is 7. The lowest BCUT2D eigenvalue weighted by atomic mass is 9.74. The molecule has 4 rings (SSSR count). The molecular weight excluding hydrogens is 368 g/mol. The van der Waals surface area contributed by atoms with E-state index in [9.17, 15) is 14.4 Å². The second-order valence-electron chi connectivity index (χ2n) is 8.35. The predicted molar refractivity (Wildman–Crippen MR) is 109 cm³/mol. The number of hydrogen-bond donors (Lipinski definition) is 2. The number of likely N-dealkylation sites (tertiary alicyclic amines) is 1. The van der Waals surface area contributed by atoms with Crippen LogP contribution in [0, 0.1) is 5.92 Å². The highest BCUT2D eigenvalue weighted by Gasteiger charge is 2.55. The average molecular weight is 399 g/mol. The first-order chi connectivity index (χ1) is 14.1. The number of nitrogens with one attached hydrogen (secondary N) is 2. The molecule has 0 aromatic heterocycles. The first-order valence-corrected chi connectivity index (χ1v) is 10.8. The Morgan fingerprint density at radius 2 is 1.79 bits per heavy atom. The first-order valence-electron chi connectivity index (χ1n) is 10.8. The third kappa shape index (κ3) is 4.01. The van der Waals surface area contributed by atoms with Gasteiger partial charge in [-0.2, -0.15) is 0 Å². The number of amides is 4. The Kier molecular flexibility index (Phi) is 5.85. The monoisotopic (exact) mass is 398 g/mol. The fourth-order valence-electron chi connectivity index (χ4n) is 4.96. The number of benzene rings is 1. The Morgan fingerprint density at radius 3 is 2.48 bits per heavy atom. The SMILES string of the molecule is O=C1CCCN1CCN1C(=O)N[C@](CCc2ccccc2)(C2CCNCC2)C1=O. The smallest absolute Gasteiger partial charge is 0.325 e. The van der Waals surface area contributed by atoms with Crippen LogP contribution in [0.1, 0.15) is 37.7 Å². The van der Waals surface area contributed by atoms with Crippen molar-refractivity contribution in [1.29, 1.82) is 0 Å². The lowest BCUT2D eigenvalue weighted by Crippen LogP contribution is -2.56. The number of piperidine rings is 1. The summed E-state index contributed by atoms with van der Waals surface area (Å²) in [7, 11) is 0. The second-order valence-corrected chi connectivity index (χ2v) is 8.35. The quantitative estimate of drug-likeness (QED) is 0.683. The average Bonchev–Trinajstić information content (AvgIpc) is 3.27. The van der Waals surface area contributed by atoms with Gasteiger partial charge in [0, 0.05) is 26.1 Å². The minimum atomic E-state index is -0.843. The molecule has 7 heteroatoms. The molecule has 3 heterocycles. The fourth-order valence-corrected chi connectivity index (χ4v) is 4.96. The number of aryl methyl sites for hydroxylation is 1. The summed E-state index contributed by atoms with van der Waals surface area (Å²) in [5, 5.41) is 6.45. The largest absolute Gasteiger partial charge is 0.341 e. The van der Waals surface area contributed by atoms with Gasteiger partial charge in [-0.1, -0.05) is 30.3 Å². The number of imide groups is 1. The van der Waals surface area contributed by atoms with Crippen LogP contribution in [0.3, 0.4) is 0 Å². The van der Waals surface area contributed by atoms with Crippen LogP contribution in [0.2, 0.25) is 0 Å². The zero-order chi connectivity index (χ0) is 20.3. The molecule has 3 saturated heterocycles. The summed E-state index contributed by atoms with van der Waals surface area (Å²) in [5.41, 5.74) is 0.327. The normalized spacial score (nSPS) is 25.7. The van der Waals surface area contributed by atoms with Crippen molar-refractivity contribution in [1.82, 2.24) is 20.4 Å². The van der Waals surface area contributed by atoms with Gasteiger partial charge in [0.1, 0.15) is 5.54 Å². The molecule has 1 atom stereocenters. The van der Waals surface area contributed by atoms with Crippen LogP contribution in [0.15, 0.2) is 30.3 Å². The minimum absolute atomic E-state index is 0.114. The second kappa shape index (κ2) is 8.53. The summed E-state index contributed by atoms with van der Waals surface area (Å²) < 4.78 is 0. The molecule has 1 aromatic rings. The highest BCUT2D eigenvalue weighted by molar-refractivity contribution is 6.07. The molecule has 2 N–H and O–H groups in total. The molecule has 29 heavy (non-hydrogen) atoms. The summed E-state index contributed by atoms with van der Waals surface area (Å²) >= 11 is 0. The summed E-state index contributed by atoms with van der Waals surface area (Å²) in [6, 6.07) is 9.80. The van der Waals surface area contributed by atoms with E-state index in [4.69, 9.17) is 0 Å². The van der Waals surface area contributed by atoms with Crippen LogP contribution in [-0.2, 0) is 16.0 Å². The molecule has 3 fully saturated rings. The Bertz CT molecular complexity index is 763. The summed E-state index contributed by atoms with van der Waals surface area (Å²) in [5.74, 6) is 0.130. The Labute approximate surface area is 171 Å². The number of carbonyl (C=O) groups is 3. The Hall–Kier alpha value is -2.41. The van der Waals surface area contributed by atoms with E-state index in [0.717, 1.165) is 45.3 Å². The van der Waals surface area contributed by atoms with Crippen molar-refractivity contribution in [2.75, 3.05) is 32.7 Å². The number of urea groups is 1. The number of nitrogens with zero attached hydrogens (tertiary/aromatic N) is 2. The first kappa shape index (κ1) is 19.9. The zero-order valence-corrected chi connectivity index (χ0v) is 16.9. The molecular formula is C22H30N4O3. The van der Waals surface area contributed by atoms with Crippen LogP contribution in [0.5, 0.6) is 0 Å². The Morgan fingerprint density at radius 1 is 1.03 bits per heavy atom. The number of carbonyl (C=O) groups excluding carboxylic acids is 3. The topological polar surface area (TPSA) is 81.8 Å². The van der Waals surface area contributed by atoms with E-state index in [2.05, 4.69) is 22.8 Å². The lowest BCUT2D eigenvalue weighted by molar-refractivity contribution is -0.135. The summed E-state index contributed by atoms with van der Waals surface area (Å²) in [6.45, 7) is 3.15. The summed E-state index contributed by atoms with van der Waals surface area (Å²) in [6.07, 6.45) is 4.52. The highest BCUT2D eigenvalue weighted by Crippen LogP contribution is 2.36. The maximum atomic E-state index is 13.6. The van der Waals surface area contributed by atoms with E-state index >= 15 is 0 Å². The lowest BCUT2D eigenvalue weighted by Gasteiger charge is -2.38. The van der Waals surface area contributed by atoms with Gasteiger partial charge in [0.05, 0.1) is 0 Å².